The maximum absolute atomic E-state index is 6.43. The second-order valence-corrected chi connectivity index (χ2v) is 12.3. The number of dihydropyridines is 1. The topological polar surface area (TPSA) is 34.0 Å². The molecule has 0 bridgehead atoms. The van der Waals surface area contributed by atoms with E-state index in [1.165, 1.54) is 33.0 Å². The smallest absolute Gasteiger partial charge is 0.147 e. The van der Waals surface area contributed by atoms with Crippen LogP contribution in [-0.2, 0) is 29.6 Å². The lowest BCUT2D eigenvalue weighted by Gasteiger charge is -2.42. The van der Waals surface area contributed by atoms with Crippen molar-refractivity contribution in [2.45, 2.75) is 57.6 Å². The van der Waals surface area contributed by atoms with Gasteiger partial charge in [0.2, 0.25) is 0 Å². The van der Waals surface area contributed by atoms with Crippen molar-refractivity contribution < 1.29 is 4.74 Å². The molecular weight excluding hydrogens is 500 g/mol. The van der Waals surface area contributed by atoms with Crippen LogP contribution >= 0.6 is 0 Å². The summed E-state index contributed by atoms with van der Waals surface area (Å²) in [4.78, 5) is 10.5. The van der Waals surface area contributed by atoms with Gasteiger partial charge in [0.1, 0.15) is 18.4 Å². The Bertz CT molecular complexity index is 1830. The number of fused-ring (bicyclic) bond motifs is 8. The summed E-state index contributed by atoms with van der Waals surface area (Å²) >= 11 is 0. The zero-order chi connectivity index (χ0) is 27.6. The molecule has 4 aromatic rings. The van der Waals surface area contributed by atoms with Crippen LogP contribution in [0, 0.1) is 12.0 Å². The molecule has 8 rings (SSSR count). The largest absolute Gasteiger partial charge is 0.487 e. The van der Waals surface area contributed by atoms with Gasteiger partial charge in [-0.1, -0.05) is 92.7 Å². The monoisotopic (exact) mass is 533 g/mol. The molecule has 1 radical (unpaired) electrons. The average molecular weight is 534 g/mol. The van der Waals surface area contributed by atoms with Crippen LogP contribution < -0.4 is 0 Å². The van der Waals surface area contributed by atoms with Crippen LogP contribution in [0.1, 0.15) is 60.1 Å². The van der Waals surface area contributed by atoms with E-state index in [4.69, 9.17) is 14.7 Å². The second-order valence-electron chi connectivity index (χ2n) is 12.3. The summed E-state index contributed by atoms with van der Waals surface area (Å²) in [5.74, 6) is 1.38. The molecule has 3 unspecified atom stereocenters. The van der Waals surface area contributed by atoms with E-state index in [1.807, 2.05) is 36.5 Å². The molecule has 3 nitrogen and oxygen atoms in total. The van der Waals surface area contributed by atoms with E-state index in [9.17, 15) is 0 Å². The number of hydrogen-bond donors (Lipinski definition) is 0. The molecule has 0 amide bonds. The normalized spacial score (nSPS) is 24.0. The Balaban J connectivity index is 1.22. The van der Waals surface area contributed by atoms with Gasteiger partial charge in [-0.25, -0.2) is 4.99 Å². The van der Waals surface area contributed by atoms with Crippen LogP contribution in [0.5, 0.6) is 0 Å². The van der Waals surface area contributed by atoms with Gasteiger partial charge >= 0.3 is 0 Å². The molecule has 2 aliphatic heterocycles. The van der Waals surface area contributed by atoms with Crippen molar-refractivity contribution in [3.05, 3.63) is 124 Å². The number of allylic oxidation sites excluding steroid dienone is 2. The first kappa shape index (κ1) is 24.5. The summed E-state index contributed by atoms with van der Waals surface area (Å²) in [6.07, 6.45) is 11.1. The number of benzene rings is 4. The number of ether oxygens (including phenoxy) is 1. The van der Waals surface area contributed by atoms with Crippen LogP contribution in [0.2, 0.25) is 0 Å². The number of nitrogens with zero attached hydrogens (tertiary/aromatic N) is 2. The summed E-state index contributed by atoms with van der Waals surface area (Å²) in [7, 11) is 0. The zero-order valence-corrected chi connectivity index (χ0v) is 23.7. The van der Waals surface area contributed by atoms with Crippen LogP contribution in [0.25, 0.3) is 22.4 Å². The van der Waals surface area contributed by atoms with Gasteiger partial charge in [-0.3, -0.25) is 4.99 Å². The SMILES string of the molecule is CC1C=Cc2ccc3c4c(ccc3c2C1)C(C)(C1N=CC(OCc2ccccc2)=C2C1=Nc1c[c]ccc12)CCC4. The first-order valence-corrected chi connectivity index (χ1v) is 14.9. The van der Waals surface area contributed by atoms with Gasteiger partial charge in [0.05, 0.1) is 23.2 Å². The Morgan fingerprint density at radius 1 is 1.00 bits per heavy atom. The molecule has 4 aliphatic rings. The molecule has 0 spiro atoms. The average Bonchev–Trinajstić information content (AvgIpc) is 3.40. The molecule has 0 fully saturated rings. The molecule has 3 atom stereocenters. The van der Waals surface area contributed by atoms with Crippen LogP contribution in [-0.4, -0.2) is 18.0 Å². The van der Waals surface area contributed by atoms with E-state index in [1.54, 1.807) is 0 Å². The van der Waals surface area contributed by atoms with E-state index in [0.717, 1.165) is 59.5 Å². The minimum atomic E-state index is -0.165. The molecule has 2 aliphatic carbocycles. The fourth-order valence-electron chi connectivity index (χ4n) is 7.54. The molecule has 0 saturated carbocycles. The second kappa shape index (κ2) is 9.41. The molecule has 3 heteroatoms. The summed E-state index contributed by atoms with van der Waals surface area (Å²) in [6.45, 7) is 5.23. The molecule has 4 aromatic carbocycles. The predicted octanol–water partition coefficient (Wildman–Crippen LogP) is 8.61. The third-order valence-electron chi connectivity index (χ3n) is 9.62. The molecule has 0 saturated heterocycles. The molecule has 41 heavy (non-hydrogen) atoms. The van der Waals surface area contributed by atoms with Crippen molar-refractivity contribution in [1.29, 1.82) is 0 Å². The van der Waals surface area contributed by atoms with Crippen molar-refractivity contribution in [1.82, 2.24) is 0 Å². The standard InChI is InChI=1S/C38H33N2O/c1-24-14-15-26-16-17-27-28(31(26)21-24)18-19-32-29(27)12-8-20-38(32,2)37-36-35(30-11-6-7-13-33(30)40-36)34(22-39-37)41-23-25-9-4-3-5-10-25/h3-6,9-11,13-19,22,24,37H,8,12,20-21,23H2,1-2H3. The minimum Gasteiger partial charge on any atom is -0.487 e. The molecule has 201 valence electrons. The number of hydrogen-bond acceptors (Lipinski definition) is 3. The quantitative estimate of drug-likeness (QED) is 0.259. The van der Waals surface area contributed by atoms with Gasteiger partial charge in [-0.15, -0.1) is 0 Å². The number of aryl methyl sites for hydroxylation is 1. The van der Waals surface area contributed by atoms with Gasteiger partial charge in [0.25, 0.3) is 0 Å². The van der Waals surface area contributed by atoms with Gasteiger partial charge in [-0.05, 0) is 82.3 Å². The highest BCUT2D eigenvalue weighted by molar-refractivity contribution is 6.35. The highest BCUT2D eigenvalue weighted by atomic mass is 16.5. The van der Waals surface area contributed by atoms with E-state index in [0.29, 0.717) is 12.5 Å². The minimum absolute atomic E-state index is 0.0777. The van der Waals surface area contributed by atoms with Gasteiger partial charge in [-0.2, -0.15) is 0 Å². The van der Waals surface area contributed by atoms with E-state index in [-0.39, 0.29) is 11.5 Å². The summed E-state index contributed by atoms with van der Waals surface area (Å²) in [5.41, 5.74) is 11.0. The summed E-state index contributed by atoms with van der Waals surface area (Å²) < 4.78 is 6.43. The maximum atomic E-state index is 6.43. The molecule has 2 heterocycles. The van der Waals surface area contributed by atoms with E-state index >= 15 is 0 Å². The van der Waals surface area contributed by atoms with Gasteiger partial charge in [0.15, 0.2) is 0 Å². The van der Waals surface area contributed by atoms with Crippen molar-refractivity contribution in [3.63, 3.8) is 0 Å². The van der Waals surface area contributed by atoms with Crippen LogP contribution in [0.4, 0.5) is 5.69 Å². The number of rotatable bonds is 4. The van der Waals surface area contributed by atoms with Gasteiger partial charge in [0, 0.05) is 11.0 Å². The first-order chi connectivity index (χ1) is 20.1. The van der Waals surface area contributed by atoms with Crippen molar-refractivity contribution in [2.24, 2.45) is 15.9 Å². The fourth-order valence-corrected chi connectivity index (χ4v) is 7.54. The molecule has 0 aromatic heterocycles. The van der Waals surface area contributed by atoms with Crippen molar-refractivity contribution in [2.75, 3.05) is 0 Å². The predicted molar refractivity (Wildman–Crippen MR) is 169 cm³/mol. The third-order valence-corrected chi connectivity index (χ3v) is 9.62. The Morgan fingerprint density at radius 2 is 1.85 bits per heavy atom. The summed E-state index contributed by atoms with van der Waals surface area (Å²) in [5, 5.41) is 2.84. The Hall–Kier alpha value is -4.24. The third kappa shape index (κ3) is 3.86. The summed E-state index contributed by atoms with van der Waals surface area (Å²) in [6, 6.07) is 29.0. The zero-order valence-electron chi connectivity index (χ0n) is 23.7. The lowest BCUT2D eigenvalue weighted by Crippen LogP contribution is -2.45. The van der Waals surface area contributed by atoms with E-state index in [2.05, 4.69) is 74.5 Å². The molecular formula is C38H33N2O. The first-order valence-electron chi connectivity index (χ1n) is 14.9. The van der Waals surface area contributed by atoms with E-state index < -0.39 is 0 Å². The Morgan fingerprint density at radius 3 is 2.76 bits per heavy atom. The lowest BCUT2D eigenvalue weighted by molar-refractivity contribution is 0.220. The Kier molecular flexibility index (Phi) is 5.63. The highest BCUT2D eigenvalue weighted by Gasteiger charge is 2.46. The van der Waals surface area contributed by atoms with Gasteiger partial charge < -0.3 is 4.74 Å². The molecule has 0 N–H and O–H groups in total. The van der Waals surface area contributed by atoms with Crippen LogP contribution in [0.15, 0.2) is 94.6 Å². The highest BCUT2D eigenvalue weighted by Crippen LogP contribution is 2.49. The van der Waals surface area contributed by atoms with Crippen LogP contribution in [0.3, 0.4) is 0 Å². The lowest BCUT2D eigenvalue weighted by atomic mass is 9.64. The van der Waals surface area contributed by atoms with Crippen molar-refractivity contribution >= 4 is 40.0 Å². The maximum Gasteiger partial charge on any atom is 0.147 e. The van der Waals surface area contributed by atoms with Crippen molar-refractivity contribution in [3.8, 4) is 0 Å². The number of aliphatic imine (C=N–C) groups is 2. The Labute approximate surface area is 242 Å². The fraction of sp³-hybridized carbons (Fsp3) is 0.263.